The molecule has 0 radical (unpaired) electrons. The number of nitrogens with zero attached hydrogens (tertiary/aromatic N) is 1. The van der Waals surface area contributed by atoms with Crippen LogP contribution in [0.25, 0.3) is 0 Å². The SMILES string of the molecule is Cc1noc(NS(=O)(=O)c2ccc(NC(=O)CCOc3ccccc3)cc2)c1C. The number of aromatic nitrogens is 1. The molecule has 0 aliphatic carbocycles. The maximum Gasteiger partial charge on any atom is 0.264 e. The molecule has 152 valence electrons. The van der Waals surface area contributed by atoms with Crippen LogP contribution in [0.3, 0.4) is 0 Å². The van der Waals surface area contributed by atoms with Gasteiger partial charge in [0.25, 0.3) is 10.0 Å². The average molecular weight is 415 g/mol. The molecule has 29 heavy (non-hydrogen) atoms. The Bertz CT molecular complexity index is 1080. The Morgan fingerprint density at radius 2 is 1.76 bits per heavy atom. The van der Waals surface area contributed by atoms with Gasteiger partial charge in [-0.1, -0.05) is 23.4 Å². The van der Waals surface area contributed by atoms with Crippen molar-refractivity contribution in [3.63, 3.8) is 0 Å². The van der Waals surface area contributed by atoms with Gasteiger partial charge in [-0.3, -0.25) is 4.79 Å². The van der Waals surface area contributed by atoms with E-state index in [2.05, 4.69) is 15.2 Å². The minimum Gasteiger partial charge on any atom is -0.493 e. The van der Waals surface area contributed by atoms with Crippen LogP contribution in [-0.4, -0.2) is 26.1 Å². The summed E-state index contributed by atoms with van der Waals surface area (Å²) >= 11 is 0. The van der Waals surface area contributed by atoms with Crippen molar-refractivity contribution in [1.82, 2.24) is 5.16 Å². The van der Waals surface area contributed by atoms with Crippen molar-refractivity contribution in [1.29, 1.82) is 0 Å². The highest BCUT2D eigenvalue weighted by atomic mass is 32.2. The molecule has 3 rings (SSSR count). The van der Waals surface area contributed by atoms with Gasteiger partial charge in [-0.25, -0.2) is 13.1 Å². The number of anilines is 2. The summed E-state index contributed by atoms with van der Waals surface area (Å²) in [7, 11) is -3.83. The predicted molar refractivity (Wildman–Crippen MR) is 108 cm³/mol. The molecule has 0 bridgehead atoms. The second kappa shape index (κ2) is 8.78. The van der Waals surface area contributed by atoms with E-state index >= 15 is 0 Å². The van der Waals surface area contributed by atoms with E-state index in [0.29, 0.717) is 22.7 Å². The van der Waals surface area contributed by atoms with Gasteiger partial charge < -0.3 is 14.6 Å². The number of aryl methyl sites for hydroxylation is 1. The molecule has 8 nitrogen and oxygen atoms in total. The fourth-order valence-corrected chi connectivity index (χ4v) is 3.46. The fraction of sp³-hybridized carbons (Fsp3) is 0.200. The summed E-state index contributed by atoms with van der Waals surface area (Å²) in [6, 6.07) is 15.0. The lowest BCUT2D eigenvalue weighted by molar-refractivity contribution is -0.116. The summed E-state index contributed by atoms with van der Waals surface area (Å²) in [5.74, 6) is 0.542. The highest BCUT2D eigenvalue weighted by Gasteiger charge is 2.19. The van der Waals surface area contributed by atoms with Gasteiger partial charge >= 0.3 is 0 Å². The van der Waals surface area contributed by atoms with E-state index < -0.39 is 10.0 Å². The van der Waals surface area contributed by atoms with E-state index in [-0.39, 0.29) is 29.7 Å². The van der Waals surface area contributed by atoms with Crippen LogP contribution in [0.4, 0.5) is 11.6 Å². The van der Waals surface area contributed by atoms with Crippen LogP contribution < -0.4 is 14.8 Å². The molecule has 0 fully saturated rings. The molecule has 1 amide bonds. The summed E-state index contributed by atoms with van der Waals surface area (Å²) in [6.45, 7) is 3.67. The van der Waals surface area contributed by atoms with Crippen molar-refractivity contribution >= 4 is 27.5 Å². The number of hydrogen-bond donors (Lipinski definition) is 2. The minimum atomic E-state index is -3.83. The quantitative estimate of drug-likeness (QED) is 0.583. The van der Waals surface area contributed by atoms with Crippen molar-refractivity contribution < 1.29 is 22.5 Å². The molecule has 9 heteroatoms. The summed E-state index contributed by atoms with van der Waals surface area (Å²) in [5, 5.41) is 6.43. The van der Waals surface area contributed by atoms with E-state index in [1.165, 1.54) is 24.3 Å². The standard InChI is InChI=1S/C20H21N3O5S/c1-14-15(2)22-28-20(14)23-29(25,26)18-10-8-16(9-11-18)21-19(24)12-13-27-17-6-4-3-5-7-17/h3-11,23H,12-13H2,1-2H3,(H,21,24). The van der Waals surface area contributed by atoms with Crippen molar-refractivity contribution in [2.24, 2.45) is 0 Å². The first-order chi connectivity index (χ1) is 13.8. The second-order valence-electron chi connectivity index (χ2n) is 6.31. The van der Waals surface area contributed by atoms with Crippen LogP contribution in [-0.2, 0) is 14.8 Å². The van der Waals surface area contributed by atoms with Crippen molar-refractivity contribution in [2.75, 3.05) is 16.6 Å². The largest absolute Gasteiger partial charge is 0.493 e. The predicted octanol–water partition coefficient (Wildman–Crippen LogP) is 3.50. The summed E-state index contributed by atoms with van der Waals surface area (Å²) in [5.41, 5.74) is 1.72. The molecule has 0 atom stereocenters. The molecule has 1 aromatic heterocycles. The molecule has 0 spiro atoms. The molecule has 0 saturated carbocycles. The summed E-state index contributed by atoms with van der Waals surface area (Å²) in [6.07, 6.45) is 0.167. The third-order valence-electron chi connectivity index (χ3n) is 4.17. The smallest absolute Gasteiger partial charge is 0.264 e. The third kappa shape index (κ3) is 5.35. The summed E-state index contributed by atoms with van der Waals surface area (Å²) < 4.78 is 37.8. The van der Waals surface area contributed by atoms with E-state index in [4.69, 9.17) is 9.26 Å². The Labute approximate surface area is 168 Å². The molecular formula is C20H21N3O5S. The minimum absolute atomic E-state index is 0.0383. The molecule has 0 aliphatic rings. The number of nitrogens with one attached hydrogen (secondary N) is 2. The number of hydrogen-bond acceptors (Lipinski definition) is 6. The van der Waals surface area contributed by atoms with E-state index in [9.17, 15) is 13.2 Å². The molecule has 0 aliphatic heterocycles. The van der Waals surface area contributed by atoms with Crippen LogP contribution in [0, 0.1) is 13.8 Å². The van der Waals surface area contributed by atoms with Gasteiger partial charge in [-0.2, -0.15) is 0 Å². The summed E-state index contributed by atoms with van der Waals surface area (Å²) in [4.78, 5) is 12.1. The first-order valence-electron chi connectivity index (χ1n) is 8.88. The number of para-hydroxylation sites is 1. The Morgan fingerprint density at radius 1 is 1.07 bits per heavy atom. The topological polar surface area (TPSA) is 111 Å². The van der Waals surface area contributed by atoms with E-state index in [1.54, 1.807) is 13.8 Å². The van der Waals surface area contributed by atoms with E-state index in [1.807, 2.05) is 30.3 Å². The first-order valence-corrected chi connectivity index (χ1v) is 10.4. The Morgan fingerprint density at radius 3 is 2.38 bits per heavy atom. The first kappa shape index (κ1) is 20.4. The second-order valence-corrected chi connectivity index (χ2v) is 7.99. The monoisotopic (exact) mass is 415 g/mol. The zero-order valence-corrected chi connectivity index (χ0v) is 16.8. The number of carbonyl (C=O) groups is 1. The highest BCUT2D eigenvalue weighted by Crippen LogP contribution is 2.22. The Hall–Kier alpha value is -3.33. The van der Waals surface area contributed by atoms with Gasteiger partial charge in [-0.05, 0) is 50.2 Å². The molecule has 2 aromatic carbocycles. The number of amides is 1. The van der Waals surface area contributed by atoms with Crippen LogP contribution in [0.15, 0.2) is 64.0 Å². The van der Waals surface area contributed by atoms with Gasteiger partial charge in [0.1, 0.15) is 5.75 Å². The maximum atomic E-state index is 12.5. The molecular weight excluding hydrogens is 394 g/mol. The lowest BCUT2D eigenvalue weighted by Crippen LogP contribution is -2.16. The normalized spacial score (nSPS) is 11.1. The fourth-order valence-electron chi connectivity index (χ4n) is 2.41. The highest BCUT2D eigenvalue weighted by molar-refractivity contribution is 7.92. The molecule has 0 unspecified atom stereocenters. The lowest BCUT2D eigenvalue weighted by atomic mass is 10.3. The van der Waals surface area contributed by atoms with Crippen molar-refractivity contribution in [3.8, 4) is 5.75 Å². The van der Waals surface area contributed by atoms with Crippen LogP contribution in [0.5, 0.6) is 5.75 Å². The third-order valence-corrected chi connectivity index (χ3v) is 5.52. The number of ether oxygens (including phenoxy) is 1. The zero-order chi connectivity index (χ0) is 20.9. The van der Waals surface area contributed by atoms with Crippen molar-refractivity contribution in [2.45, 2.75) is 25.2 Å². The molecule has 3 aromatic rings. The van der Waals surface area contributed by atoms with Crippen LogP contribution >= 0.6 is 0 Å². The van der Waals surface area contributed by atoms with Gasteiger partial charge in [0, 0.05) is 11.3 Å². The van der Waals surface area contributed by atoms with Gasteiger partial charge in [0.15, 0.2) is 0 Å². The maximum absolute atomic E-state index is 12.5. The average Bonchev–Trinajstić information content (AvgIpc) is 3.01. The number of benzene rings is 2. The van der Waals surface area contributed by atoms with E-state index in [0.717, 1.165) is 0 Å². The Balaban J connectivity index is 1.55. The number of sulfonamides is 1. The Kier molecular flexibility index (Phi) is 6.18. The van der Waals surface area contributed by atoms with Crippen LogP contribution in [0.2, 0.25) is 0 Å². The van der Waals surface area contributed by atoms with Crippen molar-refractivity contribution in [3.05, 3.63) is 65.9 Å². The number of rotatable bonds is 8. The van der Waals surface area contributed by atoms with Gasteiger partial charge in [0.05, 0.1) is 23.6 Å². The van der Waals surface area contributed by atoms with Crippen LogP contribution in [0.1, 0.15) is 17.7 Å². The lowest BCUT2D eigenvalue weighted by Gasteiger charge is -2.09. The van der Waals surface area contributed by atoms with Gasteiger partial charge in [0.2, 0.25) is 11.8 Å². The zero-order valence-electron chi connectivity index (χ0n) is 16.0. The molecule has 0 saturated heterocycles. The molecule has 2 N–H and O–H groups in total. The van der Waals surface area contributed by atoms with Gasteiger partial charge in [-0.15, -0.1) is 0 Å². The molecule has 1 heterocycles. The number of carbonyl (C=O) groups excluding carboxylic acids is 1.